The number of rotatable bonds is 7. The molecular formula is C20H30N4OS. The molecule has 142 valence electrons. The first-order valence-corrected chi connectivity index (χ1v) is 9.83. The van der Waals surface area contributed by atoms with E-state index < -0.39 is 0 Å². The lowest BCUT2D eigenvalue weighted by Gasteiger charge is -2.14. The third-order valence-electron chi connectivity index (χ3n) is 4.05. The fourth-order valence-electron chi connectivity index (χ4n) is 2.50. The second-order valence-corrected chi connectivity index (χ2v) is 8.06. The minimum atomic E-state index is 0.109. The summed E-state index contributed by atoms with van der Waals surface area (Å²) in [7, 11) is 3.50. The van der Waals surface area contributed by atoms with E-state index in [2.05, 4.69) is 47.8 Å². The Kier molecular flexibility index (Phi) is 7.45. The molecule has 6 heteroatoms. The topological polar surface area (TPSA) is 58.5 Å². The Hall–Kier alpha value is -2.08. The van der Waals surface area contributed by atoms with Crippen LogP contribution in [-0.2, 0) is 18.3 Å². The highest BCUT2D eigenvalue weighted by Gasteiger charge is 2.17. The standard InChI is InChI=1S/C20H30N4OS/c1-20(2,3)17-14-26-18(24-17)11-13-23-19(21-4)22-12-10-15-8-6-7-9-16(15)25-5/h6-9,14H,10-13H2,1-5H3,(H2,21,22,23). The Morgan fingerprint density at radius 2 is 1.85 bits per heavy atom. The third-order valence-corrected chi connectivity index (χ3v) is 4.96. The van der Waals surface area contributed by atoms with E-state index >= 15 is 0 Å². The smallest absolute Gasteiger partial charge is 0.191 e. The summed E-state index contributed by atoms with van der Waals surface area (Å²) in [6.45, 7) is 8.18. The number of nitrogens with one attached hydrogen (secondary N) is 2. The highest BCUT2D eigenvalue weighted by atomic mass is 32.1. The van der Waals surface area contributed by atoms with Crippen molar-refractivity contribution >= 4 is 17.3 Å². The molecule has 0 fully saturated rings. The molecule has 0 aliphatic heterocycles. The Morgan fingerprint density at radius 3 is 2.46 bits per heavy atom. The van der Waals surface area contributed by atoms with Crippen LogP contribution in [0.2, 0.25) is 0 Å². The lowest BCUT2D eigenvalue weighted by Crippen LogP contribution is -2.39. The molecule has 0 aliphatic carbocycles. The first kappa shape index (κ1) is 20.2. The lowest BCUT2D eigenvalue weighted by atomic mass is 9.93. The largest absolute Gasteiger partial charge is 0.496 e. The number of ether oxygens (including phenoxy) is 1. The molecule has 26 heavy (non-hydrogen) atoms. The van der Waals surface area contributed by atoms with Gasteiger partial charge in [0.1, 0.15) is 5.75 Å². The molecule has 2 aromatic rings. The molecule has 0 atom stereocenters. The molecule has 5 nitrogen and oxygen atoms in total. The summed E-state index contributed by atoms with van der Waals surface area (Å²) >= 11 is 1.73. The van der Waals surface area contributed by atoms with Crippen molar-refractivity contribution in [2.24, 2.45) is 4.99 Å². The summed E-state index contributed by atoms with van der Waals surface area (Å²) in [5, 5.41) is 10.0. The van der Waals surface area contributed by atoms with Crippen LogP contribution >= 0.6 is 11.3 Å². The van der Waals surface area contributed by atoms with Gasteiger partial charge >= 0.3 is 0 Å². The number of para-hydroxylation sites is 1. The number of benzene rings is 1. The van der Waals surface area contributed by atoms with Gasteiger partial charge in [0, 0.05) is 37.4 Å². The van der Waals surface area contributed by atoms with Gasteiger partial charge in [-0.25, -0.2) is 4.98 Å². The summed E-state index contributed by atoms with van der Waals surface area (Å²) in [6, 6.07) is 8.10. The van der Waals surface area contributed by atoms with E-state index in [4.69, 9.17) is 9.72 Å². The van der Waals surface area contributed by atoms with E-state index in [0.717, 1.165) is 48.3 Å². The molecule has 0 bridgehead atoms. The molecule has 2 rings (SSSR count). The van der Waals surface area contributed by atoms with Crippen LogP contribution in [-0.4, -0.2) is 38.2 Å². The van der Waals surface area contributed by atoms with Gasteiger partial charge in [0.15, 0.2) is 5.96 Å². The summed E-state index contributed by atoms with van der Waals surface area (Å²) in [6.07, 6.45) is 1.78. The molecular weight excluding hydrogens is 344 g/mol. The molecule has 0 saturated carbocycles. The maximum absolute atomic E-state index is 5.39. The Balaban J connectivity index is 1.75. The van der Waals surface area contributed by atoms with Gasteiger partial charge in [0.25, 0.3) is 0 Å². The Labute approximate surface area is 160 Å². The van der Waals surface area contributed by atoms with Crippen LogP contribution in [0.5, 0.6) is 5.75 Å². The molecule has 2 N–H and O–H groups in total. The van der Waals surface area contributed by atoms with Crippen molar-refractivity contribution in [3.63, 3.8) is 0 Å². The second kappa shape index (κ2) is 9.57. The molecule has 0 saturated heterocycles. The van der Waals surface area contributed by atoms with Gasteiger partial charge in [-0.3, -0.25) is 4.99 Å². The SMILES string of the molecule is CN=C(NCCc1nc(C(C)(C)C)cs1)NCCc1ccccc1OC. The van der Waals surface area contributed by atoms with Crippen LogP contribution in [0, 0.1) is 0 Å². The number of hydrogen-bond donors (Lipinski definition) is 2. The summed E-state index contributed by atoms with van der Waals surface area (Å²) < 4.78 is 5.39. The van der Waals surface area contributed by atoms with E-state index in [-0.39, 0.29) is 5.41 Å². The maximum atomic E-state index is 5.39. The van der Waals surface area contributed by atoms with Gasteiger partial charge in [-0.2, -0.15) is 0 Å². The zero-order chi connectivity index (χ0) is 19.0. The lowest BCUT2D eigenvalue weighted by molar-refractivity contribution is 0.409. The van der Waals surface area contributed by atoms with Gasteiger partial charge < -0.3 is 15.4 Å². The summed E-state index contributed by atoms with van der Waals surface area (Å²) in [5.74, 6) is 1.74. The first-order chi connectivity index (χ1) is 12.4. The van der Waals surface area contributed by atoms with E-state index in [1.165, 1.54) is 5.56 Å². The fraction of sp³-hybridized carbons (Fsp3) is 0.500. The predicted molar refractivity (Wildman–Crippen MR) is 111 cm³/mol. The van der Waals surface area contributed by atoms with Crippen LogP contribution in [0.25, 0.3) is 0 Å². The van der Waals surface area contributed by atoms with Gasteiger partial charge in [0.05, 0.1) is 17.8 Å². The highest BCUT2D eigenvalue weighted by molar-refractivity contribution is 7.09. The first-order valence-electron chi connectivity index (χ1n) is 8.95. The number of aromatic nitrogens is 1. The van der Waals surface area contributed by atoms with Crippen LogP contribution < -0.4 is 15.4 Å². The van der Waals surface area contributed by atoms with E-state index in [0.29, 0.717) is 0 Å². The van der Waals surface area contributed by atoms with E-state index in [9.17, 15) is 0 Å². The number of methoxy groups -OCH3 is 1. The van der Waals surface area contributed by atoms with Crippen molar-refractivity contribution < 1.29 is 4.74 Å². The van der Waals surface area contributed by atoms with Crippen LogP contribution in [0.1, 0.15) is 37.0 Å². The molecule has 0 amide bonds. The molecule has 0 spiro atoms. The average molecular weight is 375 g/mol. The van der Waals surface area contributed by atoms with Crippen molar-refractivity contribution in [1.29, 1.82) is 0 Å². The van der Waals surface area contributed by atoms with Crippen molar-refractivity contribution in [2.75, 3.05) is 27.2 Å². The monoisotopic (exact) mass is 374 g/mol. The van der Waals surface area contributed by atoms with Gasteiger partial charge in [-0.1, -0.05) is 39.0 Å². The van der Waals surface area contributed by atoms with Crippen molar-refractivity contribution in [1.82, 2.24) is 15.6 Å². The molecule has 0 radical (unpaired) electrons. The van der Waals surface area contributed by atoms with Crippen molar-refractivity contribution in [2.45, 2.75) is 39.0 Å². The Bertz CT molecular complexity index is 719. The number of hydrogen-bond acceptors (Lipinski definition) is 4. The van der Waals surface area contributed by atoms with Crippen LogP contribution in [0.4, 0.5) is 0 Å². The molecule has 0 aliphatic rings. The zero-order valence-electron chi connectivity index (χ0n) is 16.4. The zero-order valence-corrected chi connectivity index (χ0v) is 17.2. The van der Waals surface area contributed by atoms with Gasteiger partial charge in [-0.05, 0) is 18.1 Å². The minimum absolute atomic E-state index is 0.109. The molecule has 1 aromatic carbocycles. The number of aliphatic imine (C=N–C) groups is 1. The van der Waals surface area contributed by atoms with E-state index in [1.807, 2.05) is 18.2 Å². The summed E-state index contributed by atoms with van der Waals surface area (Å²) in [5.41, 5.74) is 2.46. The normalized spacial score (nSPS) is 12.1. The third kappa shape index (κ3) is 6.02. The Morgan fingerprint density at radius 1 is 1.15 bits per heavy atom. The predicted octanol–water partition coefficient (Wildman–Crippen LogP) is 3.40. The fourth-order valence-corrected chi connectivity index (χ4v) is 3.53. The maximum Gasteiger partial charge on any atom is 0.191 e. The second-order valence-electron chi connectivity index (χ2n) is 7.11. The van der Waals surface area contributed by atoms with Gasteiger partial charge in [0.2, 0.25) is 0 Å². The molecule has 0 unspecified atom stereocenters. The number of guanidine groups is 1. The van der Waals surface area contributed by atoms with Crippen LogP contribution in [0.3, 0.4) is 0 Å². The highest BCUT2D eigenvalue weighted by Crippen LogP contribution is 2.23. The van der Waals surface area contributed by atoms with Crippen LogP contribution in [0.15, 0.2) is 34.6 Å². The van der Waals surface area contributed by atoms with Crippen molar-refractivity contribution in [3.8, 4) is 5.75 Å². The summed E-state index contributed by atoms with van der Waals surface area (Å²) in [4.78, 5) is 9.01. The molecule has 1 aromatic heterocycles. The van der Waals surface area contributed by atoms with E-state index in [1.54, 1.807) is 25.5 Å². The average Bonchev–Trinajstić information content (AvgIpc) is 3.10. The quantitative estimate of drug-likeness (QED) is 0.576. The van der Waals surface area contributed by atoms with Gasteiger partial charge in [-0.15, -0.1) is 11.3 Å². The van der Waals surface area contributed by atoms with Crippen molar-refractivity contribution in [3.05, 3.63) is 45.9 Å². The minimum Gasteiger partial charge on any atom is -0.496 e. The number of nitrogens with zero attached hydrogens (tertiary/aromatic N) is 2. The number of thiazole rings is 1. The molecule has 1 heterocycles.